The number of halogens is 2. The van der Waals surface area contributed by atoms with Crippen molar-refractivity contribution in [2.24, 2.45) is 0 Å². The van der Waals surface area contributed by atoms with Gasteiger partial charge in [-0.25, -0.2) is 4.98 Å². The van der Waals surface area contributed by atoms with Crippen molar-refractivity contribution in [3.05, 3.63) is 28.0 Å². The van der Waals surface area contributed by atoms with Gasteiger partial charge in [0, 0.05) is 18.1 Å². The number of H-pyrrole nitrogens is 1. The van der Waals surface area contributed by atoms with Crippen LogP contribution in [0.1, 0.15) is 11.9 Å². The zero-order valence-corrected chi connectivity index (χ0v) is 11.3. The number of rotatable bonds is 1. The van der Waals surface area contributed by atoms with E-state index in [0.717, 1.165) is 34.9 Å². The fourth-order valence-corrected chi connectivity index (χ4v) is 3.19. The molecule has 17 heavy (non-hydrogen) atoms. The zero-order chi connectivity index (χ0) is 11.8. The Kier molecular flexibility index (Phi) is 3.21. The summed E-state index contributed by atoms with van der Waals surface area (Å²) in [5, 5.41) is 4.55. The Hall–Kier alpha value is -0.420. The summed E-state index contributed by atoms with van der Waals surface area (Å²) in [7, 11) is 0. The van der Waals surface area contributed by atoms with Crippen molar-refractivity contribution in [3.63, 3.8) is 0 Å². The first-order valence-electron chi connectivity index (χ1n) is 5.40. The summed E-state index contributed by atoms with van der Waals surface area (Å²) in [5.74, 6) is 3.17. The molecule has 0 spiro atoms. The fraction of sp³-hybridized carbons (Fsp3) is 0.364. The highest BCUT2D eigenvalue weighted by Gasteiger charge is 2.18. The van der Waals surface area contributed by atoms with Crippen LogP contribution in [0.2, 0.25) is 10.0 Å². The smallest absolute Gasteiger partial charge is 0.125 e. The molecule has 1 fully saturated rings. The van der Waals surface area contributed by atoms with Gasteiger partial charge in [-0.2, -0.15) is 11.8 Å². The van der Waals surface area contributed by atoms with Crippen LogP contribution in [-0.2, 0) is 0 Å². The van der Waals surface area contributed by atoms with Gasteiger partial charge in [-0.05, 0) is 12.1 Å². The van der Waals surface area contributed by atoms with E-state index in [1.54, 1.807) is 6.07 Å². The van der Waals surface area contributed by atoms with Crippen LogP contribution in [0.15, 0.2) is 12.1 Å². The highest BCUT2D eigenvalue weighted by atomic mass is 35.5. The van der Waals surface area contributed by atoms with Crippen LogP contribution < -0.4 is 5.32 Å². The van der Waals surface area contributed by atoms with Crippen LogP contribution in [0, 0.1) is 0 Å². The van der Waals surface area contributed by atoms with E-state index >= 15 is 0 Å². The lowest BCUT2D eigenvalue weighted by Gasteiger charge is -2.20. The molecule has 1 unspecified atom stereocenters. The molecule has 2 N–H and O–H groups in total. The molecule has 2 aromatic rings. The number of hydrogen-bond acceptors (Lipinski definition) is 3. The Bertz CT molecular complexity index is 510. The Labute approximate surface area is 113 Å². The van der Waals surface area contributed by atoms with Crippen LogP contribution in [0.4, 0.5) is 0 Å². The van der Waals surface area contributed by atoms with Gasteiger partial charge in [-0.3, -0.25) is 0 Å². The fourth-order valence-electron chi connectivity index (χ4n) is 1.93. The molecule has 1 saturated heterocycles. The normalized spacial score (nSPS) is 20.9. The van der Waals surface area contributed by atoms with Gasteiger partial charge in [-0.15, -0.1) is 0 Å². The Balaban J connectivity index is 2.00. The lowest BCUT2D eigenvalue weighted by Crippen LogP contribution is -2.30. The monoisotopic (exact) mass is 287 g/mol. The number of fused-ring (bicyclic) bond motifs is 1. The van der Waals surface area contributed by atoms with Gasteiger partial charge >= 0.3 is 0 Å². The third-order valence-corrected chi connectivity index (χ3v) is 4.58. The van der Waals surface area contributed by atoms with Crippen LogP contribution in [0.25, 0.3) is 11.0 Å². The number of nitrogens with zero attached hydrogens (tertiary/aromatic N) is 1. The molecule has 3 nitrogen and oxygen atoms in total. The molecule has 1 atom stereocenters. The van der Waals surface area contributed by atoms with Crippen LogP contribution in [-0.4, -0.2) is 28.0 Å². The van der Waals surface area contributed by atoms with Crippen molar-refractivity contribution >= 4 is 46.0 Å². The number of aromatic nitrogens is 2. The van der Waals surface area contributed by atoms with Crippen molar-refractivity contribution in [2.75, 3.05) is 18.1 Å². The second-order valence-corrected chi connectivity index (χ2v) is 5.95. The van der Waals surface area contributed by atoms with Gasteiger partial charge in [0.15, 0.2) is 0 Å². The molecule has 2 heterocycles. The molecule has 1 aromatic carbocycles. The van der Waals surface area contributed by atoms with Crippen LogP contribution in [0.5, 0.6) is 0 Å². The molecule has 1 aliphatic heterocycles. The zero-order valence-electron chi connectivity index (χ0n) is 8.96. The maximum absolute atomic E-state index is 5.98. The molecule has 0 saturated carbocycles. The largest absolute Gasteiger partial charge is 0.341 e. The van der Waals surface area contributed by atoms with E-state index in [1.165, 1.54) is 0 Å². The van der Waals surface area contributed by atoms with Gasteiger partial charge < -0.3 is 10.3 Å². The van der Waals surface area contributed by atoms with E-state index in [-0.39, 0.29) is 0 Å². The summed E-state index contributed by atoms with van der Waals surface area (Å²) in [5.41, 5.74) is 1.80. The quantitative estimate of drug-likeness (QED) is 0.846. The highest BCUT2D eigenvalue weighted by molar-refractivity contribution is 7.99. The maximum Gasteiger partial charge on any atom is 0.125 e. The van der Waals surface area contributed by atoms with Crippen molar-refractivity contribution < 1.29 is 0 Å². The summed E-state index contributed by atoms with van der Waals surface area (Å²) in [6.07, 6.45) is 0. The van der Waals surface area contributed by atoms with Crippen molar-refractivity contribution in [1.82, 2.24) is 15.3 Å². The first kappa shape index (κ1) is 11.7. The summed E-state index contributed by atoms with van der Waals surface area (Å²) in [4.78, 5) is 7.87. The van der Waals surface area contributed by atoms with Crippen molar-refractivity contribution in [1.29, 1.82) is 0 Å². The lowest BCUT2D eigenvalue weighted by atomic mass is 10.3. The Morgan fingerprint density at radius 2 is 2.12 bits per heavy atom. The van der Waals surface area contributed by atoms with E-state index < -0.39 is 0 Å². The van der Waals surface area contributed by atoms with E-state index in [2.05, 4.69) is 15.3 Å². The van der Waals surface area contributed by atoms with Gasteiger partial charge in [0.05, 0.1) is 27.1 Å². The van der Waals surface area contributed by atoms with Crippen molar-refractivity contribution in [2.45, 2.75) is 6.04 Å². The van der Waals surface area contributed by atoms with Gasteiger partial charge in [0.1, 0.15) is 5.82 Å². The van der Waals surface area contributed by atoms with Crippen LogP contribution in [0.3, 0.4) is 0 Å². The average molecular weight is 288 g/mol. The van der Waals surface area contributed by atoms with Crippen molar-refractivity contribution in [3.8, 4) is 0 Å². The first-order chi connectivity index (χ1) is 8.24. The predicted molar refractivity (Wildman–Crippen MR) is 74.2 cm³/mol. The summed E-state index contributed by atoms with van der Waals surface area (Å²) in [6.45, 7) is 1.02. The number of benzene rings is 1. The third kappa shape index (κ3) is 2.27. The van der Waals surface area contributed by atoms with Gasteiger partial charge in [-0.1, -0.05) is 23.2 Å². The number of thioether (sulfide) groups is 1. The minimum atomic E-state index is 0.290. The average Bonchev–Trinajstić information content (AvgIpc) is 2.74. The van der Waals surface area contributed by atoms with E-state index in [0.29, 0.717) is 16.1 Å². The third-order valence-electron chi connectivity index (χ3n) is 2.79. The second-order valence-electron chi connectivity index (χ2n) is 3.99. The molecular weight excluding hydrogens is 277 g/mol. The minimum absolute atomic E-state index is 0.290. The molecule has 3 rings (SSSR count). The molecule has 90 valence electrons. The molecule has 1 aromatic heterocycles. The summed E-state index contributed by atoms with van der Waals surface area (Å²) < 4.78 is 0. The second kappa shape index (κ2) is 4.69. The highest BCUT2D eigenvalue weighted by Crippen LogP contribution is 2.28. The Morgan fingerprint density at radius 3 is 2.88 bits per heavy atom. The van der Waals surface area contributed by atoms with E-state index in [4.69, 9.17) is 23.2 Å². The summed E-state index contributed by atoms with van der Waals surface area (Å²) >= 11 is 13.9. The lowest BCUT2D eigenvalue weighted by molar-refractivity contribution is 0.571. The SMILES string of the molecule is Clc1cc2nc(C3CSCCN3)[nH]c2cc1Cl. The number of aromatic amines is 1. The molecule has 1 aliphatic rings. The molecule has 0 aliphatic carbocycles. The van der Waals surface area contributed by atoms with E-state index in [9.17, 15) is 0 Å². The topological polar surface area (TPSA) is 40.7 Å². The molecule has 0 amide bonds. The standard InChI is InChI=1S/C11H11Cl2N3S/c12-6-3-8-9(4-7(6)13)16-11(15-8)10-5-17-2-1-14-10/h3-4,10,14H,1-2,5H2,(H,15,16). The number of imidazole rings is 1. The minimum Gasteiger partial charge on any atom is -0.341 e. The van der Waals surface area contributed by atoms with Gasteiger partial charge in [0.2, 0.25) is 0 Å². The number of hydrogen-bond donors (Lipinski definition) is 2. The predicted octanol–water partition coefficient (Wildman–Crippen LogP) is 3.25. The molecular formula is C11H11Cl2N3S. The molecule has 6 heteroatoms. The van der Waals surface area contributed by atoms with Gasteiger partial charge in [0.25, 0.3) is 0 Å². The van der Waals surface area contributed by atoms with Crippen LogP contribution >= 0.6 is 35.0 Å². The van der Waals surface area contributed by atoms with E-state index in [1.807, 2.05) is 17.8 Å². The number of nitrogens with one attached hydrogen (secondary N) is 2. The Morgan fingerprint density at radius 1 is 1.29 bits per heavy atom. The molecule has 0 radical (unpaired) electrons. The molecule has 0 bridgehead atoms. The summed E-state index contributed by atoms with van der Waals surface area (Å²) in [6, 6.07) is 3.92. The maximum atomic E-state index is 5.98. The first-order valence-corrected chi connectivity index (χ1v) is 7.31.